The number of aryl methyl sites for hydroxylation is 2. The number of aromatic nitrogens is 2. The Morgan fingerprint density at radius 1 is 1.47 bits per heavy atom. The number of hydrogen-bond donors (Lipinski definition) is 1. The predicted molar refractivity (Wildman–Crippen MR) is 59.3 cm³/mol. The summed E-state index contributed by atoms with van der Waals surface area (Å²) in [6.45, 7) is 5.80. The molecule has 0 atom stereocenters. The van der Waals surface area contributed by atoms with Crippen molar-refractivity contribution >= 4 is 0 Å². The summed E-state index contributed by atoms with van der Waals surface area (Å²) < 4.78 is 2.00. The standard InChI is InChI=1S/C11H18N4/c1-9-11(8-13-3)10(2)15(14-9)7-5-4-6-12/h13H,4-5,7-8H2,1-3H3. The number of nitrogens with zero attached hydrogens (tertiary/aromatic N) is 3. The van der Waals surface area contributed by atoms with E-state index in [4.69, 9.17) is 5.26 Å². The van der Waals surface area contributed by atoms with Gasteiger partial charge in [0.15, 0.2) is 0 Å². The maximum absolute atomic E-state index is 8.47. The average molecular weight is 206 g/mol. The molecule has 1 aromatic rings. The Bertz CT molecular complexity index is 359. The summed E-state index contributed by atoms with van der Waals surface area (Å²) in [5.74, 6) is 0. The molecule has 0 saturated heterocycles. The summed E-state index contributed by atoms with van der Waals surface area (Å²) in [6, 6.07) is 2.15. The van der Waals surface area contributed by atoms with Crippen molar-refractivity contribution in [3.8, 4) is 6.07 Å². The van der Waals surface area contributed by atoms with Gasteiger partial charge < -0.3 is 5.32 Å². The van der Waals surface area contributed by atoms with E-state index in [0.717, 1.165) is 25.2 Å². The van der Waals surface area contributed by atoms with Crippen LogP contribution in [0.4, 0.5) is 0 Å². The second-order valence-electron chi connectivity index (χ2n) is 3.66. The number of nitrogens with one attached hydrogen (secondary N) is 1. The van der Waals surface area contributed by atoms with Crippen LogP contribution in [0, 0.1) is 25.2 Å². The summed E-state index contributed by atoms with van der Waals surface area (Å²) in [4.78, 5) is 0. The number of hydrogen-bond acceptors (Lipinski definition) is 3. The van der Waals surface area contributed by atoms with Gasteiger partial charge in [0.2, 0.25) is 0 Å². The van der Waals surface area contributed by atoms with Crippen molar-refractivity contribution in [2.45, 2.75) is 39.8 Å². The molecule has 0 saturated carbocycles. The highest BCUT2D eigenvalue weighted by Gasteiger charge is 2.09. The molecule has 4 heteroatoms. The highest BCUT2D eigenvalue weighted by Crippen LogP contribution is 2.13. The molecule has 15 heavy (non-hydrogen) atoms. The molecule has 82 valence electrons. The summed E-state index contributed by atoms with van der Waals surface area (Å²) >= 11 is 0. The zero-order valence-corrected chi connectivity index (χ0v) is 9.67. The largest absolute Gasteiger partial charge is 0.316 e. The second kappa shape index (κ2) is 5.52. The lowest BCUT2D eigenvalue weighted by atomic mass is 10.2. The van der Waals surface area contributed by atoms with Crippen LogP contribution in [0.2, 0.25) is 0 Å². The van der Waals surface area contributed by atoms with Crippen LogP contribution in [0.1, 0.15) is 29.8 Å². The minimum absolute atomic E-state index is 0.597. The Kier molecular flexibility index (Phi) is 4.32. The van der Waals surface area contributed by atoms with Crippen LogP contribution in [-0.2, 0) is 13.1 Å². The molecule has 0 spiro atoms. The van der Waals surface area contributed by atoms with Gasteiger partial charge in [0.05, 0.1) is 11.8 Å². The van der Waals surface area contributed by atoms with Crippen molar-refractivity contribution < 1.29 is 0 Å². The maximum Gasteiger partial charge on any atom is 0.0641 e. The highest BCUT2D eigenvalue weighted by molar-refractivity contribution is 5.24. The molecule has 1 heterocycles. The van der Waals surface area contributed by atoms with Crippen molar-refractivity contribution in [3.05, 3.63) is 17.0 Å². The number of nitriles is 1. The van der Waals surface area contributed by atoms with Crippen molar-refractivity contribution in [1.82, 2.24) is 15.1 Å². The first-order valence-electron chi connectivity index (χ1n) is 5.25. The molecule has 0 fully saturated rings. The van der Waals surface area contributed by atoms with Gasteiger partial charge in [-0.05, 0) is 27.3 Å². The lowest BCUT2D eigenvalue weighted by Crippen LogP contribution is -2.08. The van der Waals surface area contributed by atoms with Gasteiger partial charge in [0, 0.05) is 30.8 Å². The van der Waals surface area contributed by atoms with Gasteiger partial charge >= 0.3 is 0 Å². The van der Waals surface area contributed by atoms with E-state index < -0.39 is 0 Å². The summed E-state index contributed by atoms with van der Waals surface area (Å²) in [7, 11) is 1.94. The zero-order valence-electron chi connectivity index (χ0n) is 9.67. The Balaban J connectivity index is 2.73. The molecule has 1 N–H and O–H groups in total. The lowest BCUT2D eigenvalue weighted by Gasteiger charge is -2.03. The Hall–Kier alpha value is -1.34. The fourth-order valence-corrected chi connectivity index (χ4v) is 1.69. The molecule has 4 nitrogen and oxygen atoms in total. The SMILES string of the molecule is CNCc1c(C)nn(CCCC#N)c1C. The van der Waals surface area contributed by atoms with Gasteiger partial charge in [-0.15, -0.1) is 0 Å². The smallest absolute Gasteiger partial charge is 0.0641 e. The van der Waals surface area contributed by atoms with E-state index in [9.17, 15) is 0 Å². The second-order valence-corrected chi connectivity index (χ2v) is 3.66. The minimum atomic E-state index is 0.597. The Morgan fingerprint density at radius 3 is 2.80 bits per heavy atom. The van der Waals surface area contributed by atoms with Gasteiger partial charge in [-0.3, -0.25) is 4.68 Å². The Morgan fingerprint density at radius 2 is 2.20 bits per heavy atom. The van der Waals surface area contributed by atoms with E-state index >= 15 is 0 Å². The van der Waals surface area contributed by atoms with Gasteiger partial charge in [0.25, 0.3) is 0 Å². The van der Waals surface area contributed by atoms with E-state index in [0.29, 0.717) is 6.42 Å². The fraction of sp³-hybridized carbons (Fsp3) is 0.636. The molecule has 1 rings (SSSR count). The molecule has 0 aliphatic carbocycles. The first-order valence-corrected chi connectivity index (χ1v) is 5.25. The average Bonchev–Trinajstić information content (AvgIpc) is 2.47. The van der Waals surface area contributed by atoms with E-state index in [1.165, 1.54) is 11.3 Å². The van der Waals surface area contributed by atoms with Crippen molar-refractivity contribution in [2.75, 3.05) is 7.05 Å². The topological polar surface area (TPSA) is 53.6 Å². The molecule has 0 bridgehead atoms. The molecule has 0 unspecified atom stereocenters. The molecule has 0 aliphatic rings. The molecule has 0 radical (unpaired) electrons. The fourth-order valence-electron chi connectivity index (χ4n) is 1.69. The van der Waals surface area contributed by atoms with Crippen LogP contribution >= 0.6 is 0 Å². The zero-order chi connectivity index (χ0) is 11.3. The third-order valence-corrected chi connectivity index (χ3v) is 2.54. The van der Waals surface area contributed by atoms with E-state index in [-0.39, 0.29) is 0 Å². The first-order chi connectivity index (χ1) is 7.20. The van der Waals surface area contributed by atoms with Crippen LogP contribution in [0.3, 0.4) is 0 Å². The molecule has 1 aromatic heterocycles. The van der Waals surface area contributed by atoms with E-state index in [2.05, 4.69) is 23.4 Å². The Labute approximate surface area is 90.9 Å². The third-order valence-electron chi connectivity index (χ3n) is 2.54. The first kappa shape index (κ1) is 11.7. The molecular weight excluding hydrogens is 188 g/mol. The van der Waals surface area contributed by atoms with Gasteiger partial charge in [0.1, 0.15) is 0 Å². The maximum atomic E-state index is 8.47. The highest BCUT2D eigenvalue weighted by atomic mass is 15.3. The molecule has 0 aromatic carbocycles. The van der Waals surface area contributed by atoms with Crippen LogP contribution in [0.5, 0.6) is 0 Å². The summed E-state index contributed by atoms with van der Waals surface area (Å²) in [5.41, 5.74) is 3.56. The van der Waals surface area contributed by atoms with Gasteiger partial charge in [-0.2, -0.15) is 10.4 Å². The van der Waals surface area contributed by atoms with Crippen molar-refractivity contribution in [1.29, 1.82) is 5.26 Å². The number of unbranched alkanes of at least 4 members (excludes halogenated alkanes) is 1. The van der Waals surface area contributed by atoms with Crippen LogP contribution in [-0.4, -0.2) is 16.8 Å². The summed E-state index contributed by atoms with van der Waals surface area (Å²) in [6.07, 6.45) is 1.47. The van der Waals surface area contributed by atoms with Crippen LogP contribution < -0.4 is 5.32 Å². The van der Waals surface area contributed by atoms with Crippen LogP contribution in [0.15, 0.2) is 0 Å². The quantitative estimate of drug-likeness (QED) is 0.743. The van der Waals surface area contributed by atoms with Crippen molar-refractivity contribution in [3.63, 3.8) is 0 Å². The normalized spacial score (nSPS) is 10.3. The third kappa shape index (κ3) is 2.80. The summed E-state index contributed by atoms with van der Waals surface area (Å²) in [5, 5.41) is 16.1. The minimum Gasteiger partial charge on any atom is -0.316 e. The number of rotatable bonds is 5. The molecular formula is C11H18N4. The molecule has 0 aliphatic heterocycles. The van der Waals surface area contributed by atoms with Gasteiger partial charge in [-0.25, -0.2) is 0 Å². The van der Waals surface area contributed by atoms with Crippen molar-refractivity contribution in [2.24, 2.45) is 0 Å². The van der Waals surface area contributed by atoms with E-state index in [1.807, 2.05) is 18.7 Å². The monoisotopic (exact) mass is 206 g/mol. The lowest BCUT2D eigenvalue weighted by molar-refractivity contribution is 0.567. The van der Waals surface area contributed by atoms with Gasteiger partial charge in [-0.1, -0.05) is 0 Å². The predicted octanol–water partition coefficient (Wildman–Crippen LogP) is 1.52. The molecule has 0 amide bonds. The van der Waals surface area contributed by atoms with E-state index in [1.54, 1.807) is 0 Å². The van der Waals surface area contributed by atoms with Crippen LogP contribution in [0.25, 0.3) is 0 Å².